The van der Waals surface area contributed by atoms with E-state index >= 15 is 0 Å². The fourth-order valence-corrected chi connectivity index (χ4v) is 3.60. The number of methoxy groups -OCH3 is 1. The molecule has 0 radical (unpaired) electrons. The first-order valence-corrected chi connectivity index (χ1v) is 8.09. The zero-order valence-corrected chi connectivity index (χ0v) is 13.8. The van der Waals surface area contributed by atoms with E-state index in [1.54, 1.807) is 24.8 Å². The van der Waals surface area contributed by atoms with E-state index in [2.05, 4.69) is 43.3 Å². The maximum atomic E-state index is 5.34. The molecular weight excluding hydrogens is 350 g/mol. The van der Waals surface area contributed by atoms with Gasteiger partial charge in [-0.2, -0.15) is 0 Å². The number of hydrogen-bond acceptors (Lipinski definition) is 5. The Morgan fingerprint density at radius 3 is 2.86 bits per heavy atom. The van der Waals surface area contributed by atoms with Gasteiger partial charge in [0.1, 0.15) is 17.0 Å². The molecule has 1 aromatic carbocycles. The number of rotatable bonds is 5. The minimum absolute atomic E-state index is 0.0491. The summed E-state index contributed by atoms with van der Waals surface area (Å²) in [6.07, 6.45) is 1.59. The molecule has 2 aromatic heterocycles. The first kappa shape index (κ1) is 14.4. The Bertz CT molecular complexity index is 732. The lowest BCUT2D eigenvalue weighted by molar-refractivity contribution is 0.186. The number of halogens is 1. The Morgan fingerprint density at radius 2 is 2.10 bits per heavy atom. The number of aromatic nitrogens is 2. The minimum Gasteiger partial charge on any atom is -0.382 e. The van der Waals surface area contributed by atoms with E-state index in [0.717, 1.165) is 19.8 Å². The number of anilines is 1. The van der Waals surface area contributed by atoms with Gasteiger partial charge >= 0.3 is 0 Å². The number of hydrogen-bond donors (Lipinski definition) is 1. The van der Waals surface area contributed by atoms with Crippen molar-refractivity contribution in [2.45, 2.75) is 6.04 Å². The molecule has 0 unspecified atom stereocenters. The molecule has 1 atom stereocenters. The molecule has 0 aliphatic heterocycles. The molecule has 2 heterocycles. The SMILES string of the molecule is COC[C@H](Nc1ncnc2sc(Br)cc12)c1ccccc1. The van der Waals surface area contributed by atoms with Gasteiger partial charge in [0.15, 0.2) is 0 Å². The maximum absolute atomic E-state index is 5.34. The van der Waals surface area contributed by atoms with Gasteiger partial charge in [0, 0.05) is 7.11 Å². The van der Waals surface area contributed by atoms with Crippen LogP contribution in [0, 0.1) is 0 Å². The summed E-state index contributed by atoms with van der Waals surface area (Å²) in [6, 6.07) is 12.3. The number of nitrogens with zero attached hydrogens (tertiary/aromatic N) is 2. The van der Waals surface area contributed by atoms with E-state index in [-0.39, 0.29) is 6.04 Å². The summed E-state index contributed by atoms with van der Waals surface area (Å²) in [5.74, 6) is 0.827. The lowest BCUT2D eigenvalue weighted by Gasteiger charge is -2.19. The topological polar surface area (TPSA) is 47.0 Å². The van der Waals surface area contributed by atoms with Crippen molar-refractivity contribution >= 4 is 43.3 Å². The Morgan fingerprint density at radius 1 is 1.29 bits per heavy atom. The van der Waals surface area contributed by atoms with Crippen LogP contribution in [-0.4, -0.2) is 23.7 Å². The molecule has 0 saturated heterocycles. The third-order valence-electron chi connectivity index (χ3n) is 3.15. The van der Waals surface area contributed by atoms with Gasteiger partial charge in [0.05, 0.1) is 21.8 Å². The molecule has 0 bridgehead atoms. The number of fused-ring (bicyclic) bond motifs is 1. The molecule has 108 valence electrons. The average Bonchev–Trinajstić information content (AvgIpc) is 2.89. The highest BCUT2D eigenvalue weighted by molar-refractivity contribution is 9.11. The molecule has 21 heavy (non-hydrogen) atoms. The summed E-state index contributed by atoms with van der Waals surface area (Å²) < 4.78 is 6.38. The van der Waals surface area contributed by atoms with Crippen LogP contribution in [0.5, 0.6) is 0 Å². The van der Waals surface area contributed by atoms with Gasteiger partial charge in [-0.25, -0.2) is 9.97 Å². The van der Waals surface area contributed by atoms with E-state index in [1.165, 1.54) is 5.56 Å². The van der Waals surface area contributed by atoms with Crippen molar-refractivity contribution in [3.8, 4) is 0 Å². The van der Waals surface area contributed by atoms with Crippen LogP contribution in [0.15, 0.2) is 46.5 Å². The number of thiophene rings is 1. The Balaban J connectivity index is 1.94. The molecule has 0 saturated carbocycles. The van der Waals surface area contributed by atoms with Crippen molar-refractivity contribution in [2.75, 3.05) is 19.0 Å². The van der Waals surface area contributed by atoms with Crippen LogP contribution in [0.3, 0.4) is 0 Å². The summed E-state index contributed by atoms with van der Waals surface area (Å²) in [4.78, 5) is 9.63. The van der Waals surface area contributed by atoms with E-state index in [4.69, 9.17) is 4.74 Å². The fraction of sp³-hybridized carbons (Fsp3) is 0.200. The molecule has 0 aliphatic rings. The quantitative estimate of drug-likeness (QED) is 0.735. The number of nitrogens with one attached hydrogen (secondary N) is 1. The standard InChI is InChI=1S/C15H14BrN3OS/c1-20-8-12(10-5-3-2-4-6-10)19-14-11-7-13(16)21-15(11)18-9-17-14/h2-7,9,12H,8H2,1H3,(H,17,18,19)/t12-/m0/s1. The van der Waals surface area contributed by atoms with Crippen LogP contribution < -0.4 is 5.32 Å². The second-order valence-electron chi connectivity index (χ2n) is 4.55. The van der Waals surface area contributed by atoms with Gasteiger partial charge in [-0.15, -0.1) is 11.3 Å². The summed E-state index contributed by atoms with van der Waals surface area (Å²) in [5.41, 5.74) is 1.17. The average molecular weight is 364 g/mol. The monoisotopic (exact) mass is 363 g/mol. The summed E-state index contributed by atoms with van der Waals surface area (Å²) in [7, 11) is 1.70. The fourth-order valence-electron chi connectivity index (χ4n) is 2.18. The predicted molar refractivity (Wildman–Crippen MR) is 89.8 cm³/mol. The number of ether oxygens (including phenoxy) is 1. The van der Waals surface area contributed by atoms with E-state index in [1.807, 2.05) is 24.3 Å². The van der Waals surface area contributed by atoms with Gasteiger partial charge < -0.3 is 10.1 Å². The largest absolute Gasteiger partial charge is 0.382 e. The first-order chi connectivity index (χ1) is 10.3. The molecular formula is C15H14BrN3OS. The van der Waals surface area contributed by atoms with Gasteiger partial charge in [0.25, 0.3) is 0 Å². The van der Waals surface area contributed by atoms with Crippen LogP contribution in [0.2, 0.25) is 0 Å². The smallest absolute Gasteiger partial charge is 0.138 e. The van der Waals surface area contributed by atoms with Crippen molar-refractivity contribution in [1.82, 2.24) is 9.97 Å². The molecule has 0 aliphatic carbocycles. The van der Waals surface area contributed by atoms with Gasteiger partial charge in [-0.1, -0.05) is 30.3 Å². The van der Waals surface area contributed by atoms with E-state index in [9.17, 15) is 0 Å². The van der Waals surface area contributed by atoms with E-state index < -0.39 is 0 Å². The lowest BCUT2D eigenvalue weighted by atomic mass is 10.1. The highest BCUT2D eigenvalue weighted by atomic mass is 79.9. The van der Waals surface area contributed by atoms with Gasteiger partial charge in [-0.3, -0.25) is 0 Å². The second-order valence-corrected chi connectivity index (χ2v) is 6.96. The Kier molecular flexibility index (Phi) is 4.48. The van der Waals surface area contributed by atoms with E-state index in [0.29, 0.717) is 6.61 Å². The molecule has 3 aromatic rings. The van der Waals surface area contributed by atoms with Crippen molar-refractivity contribution in [1.29, 1.82) is 0 Å². The minimum atomic E-state index is 0.0491. The second kappa shape index (κ2) is 6.51. The zero-order chi connectivity index (χ0) is 14.7. The highest BCUT2D eigenvalue weighted by Gasteiger charge is 2.14. The molecule has 0 fully saturated rings. The molecule has 4 nitrogen and oxygen atoms in total. The van der Waals surface area contributed by atoms with Gasteiger partial charge in [0.2, 0.25) is 0 Å². The molecule has 0 amide bonds. The summed E-state index contributed by atoms with van der Waals surface area (Å²) in [5, 5.41) is 4.48. The third kappa shape index (κ3) is 3.23. The summed E-state index contributed by atoms with van der Waals surface area (Å²) >= 11 is 5.10. The Hall–Kier alpha value is -1.50. The van der Waals surface area contributed by atoms with Crippen molar-refractivity contribution < 1.29 is 4.74 Å². The first-order valence-electron chi connectivity index (χ1n) is 6.48. The maximum Gasteiger partial charge on any atom is 0.138 e. The Labute approximate surface area is 135 Å². The van der Waals surface area contributed by atoms with Crippen LogP contribution >= 0.6 is 27.3 Å². The highest BCUT2D eigenvalue weighted by Crippen LogP contribution is 2.32. The van der Waals surface area contributed by atoms with Crippen LogP contribution in [0.25, 0.3) is 10.2 Å². The summed E-state index contributed by atoms with van der Waals surface area (Å²) in [6.45, 7) is 0.570. The van der Waals surface area contributed by atoms with Crippen LogP contribution in [-0.2, 0) is 4.74 Å². The normalized spacial score (nSPS) is 12.5. The van der Waals surface area contributed by atoms with Gasteiger partial charge in [-0.05, 0) is 27.6 Å². The third-order valence-corrected chi connectivity index (χ3v) is 4.69. The van der Waals surface area contributed by atoms with Crippen molar-refractivity contribution in [3.63, 3.8) is 0 Å². The van der Waals surface area contributed by atoms with Crippen molar-refractivity contribution in [2.24, 2.45) is 0 Å². The van der Waals surface area contributed by atoms with Crippen molar-refractivity contribution in [3.05, 3.63) is 52.1 Å². The molecule has 3 rings (SSSR count). The molecule has 6 heteroatoms. The zero-order valence-electron chi connectivity index (χ0n) is 11.4. The van der Waals surface area contributed by atoms with Crippen LogP contribution in [0.1, 0.15) is 11.6 Å². The molecule has 0 spiro atoms. The number of benzene rings is 1. The predicted octanol–water partition coefficient (Wildman–Crippen LogP) is 4.25. The van der Waals surface area contributed by atoms with Crippen LogP contribution in [0.4, 0.5) is 5.82 Å². The lowest BCUT2D eigenvalue weighted by Crippen LogP contribution is -2.17. The molecule has 1 N–H and O–H groups in total.